The second kappa shape index (κ2) is 10.3. The zero-order valence-corrected chi connectivity index (χ0v) is 20.7. The van der Waals surface area contributed by atoms with Gasteiger partial charge in [0, 0.05) is 37.2 Å². The van der Waals surface area contributed by atoms with E-state index in [0.717, 1.165) is 72.8 Å². The van der Waals surface area contributed by atoms with Crippen LogP contribution in [0.2, 0.25) is 0 Å². The number of nitrogens with zero attached hydrogens (tertiary/aromatic N) is 4. The van der Waals surface area contributed by atoms with E-state index in [4.69, 9.17) is 4.74 Å². The molecule has 0 aliphatic carbocycles. The number of fused-ring (bicyclic) bond motifs is 3. The fourth-order valence-electron chi connectivity index (χ4n) is 4.65. The van der Waals surface area contributed by atoms with E-state index in [9.17, 15) is 0 Å². The molecule has 0 saturated carbocycles. The van der Waals surface area contributed by atoms with Gasteiger partial charge in [-0.1, -0.05) is 30.9 Å². The molecule has 2 aromatic carbocycles. The predicted molar refractivity (Wildman–Crippen MR) is 139 cm³/mol. The highest BCUT2D eigenvalue weighted by Crippen LogP contribution is 2.29. The van der Waals surface area contributed by atoms with Crippen LogP contribution < -0.4 is 4.74 Å². The highest BCUT2D eigenvalue weighted by Gasteiger charge is 2.17. The number of benzene rings is 2. The molecule has 0 amide bonds. The number of likely N-dealkylation sites (N-methyl/N-ethyl adjacent to an activating group) is 1. The molecule has 35 heavy (non-hydrogen) atoms. The van der Waals surface area contributed by atoms with Crippen molar-refractivity contribution in [3.63, 3.8) is 0 Å². The number of hydrogen-bond donors (Lipinski definition) is 1. The molecule has 2 aliphatic rings. The lowest BCUT2D eigenvalue weighted by molar-refractivity contribution is 0.262. The van der Waals surface area contributed by atoms with Crippen LogP contribution in [0.15, 0.2) is 42.7 Å². The third-order valence-corrected chi connectivity index (χ3v) is 6.63. The summed E-state index contributed by atoms with van der Waals surface area (Å²) in [5.74, 6) is 8.23. The van der Waals surface area contributed by atoms with E-state index in [0.29, 0.717) is 6.61 Å². The van der Waals surface area contributed by atoms with Gasteiger partial charge in [0.1, 0.15) is 17.9 Å². The van der Waals surface area contributed by atoms with Crippen LogP contribution in [0, 0.1) is 25.7 Å². The summed E-state index contributed by atoms with van der Waals surface area (Å²) in [5, 5.41) is 0. The van der Waals surface area contributed by atoms with Crippen LogP contribution in [0.3, 0.4) is 0 Å². The van der Waals surface area contributed by atoms with Gasteiger partial charge in [-0.15, -0.1) is 0 Å². The number of aryl methyl sites for hydroxylation is 2. The molecule has 6 rings (SSSR count). The lowest BCUT2D eigenvalue weighted by atomic mass is 10.0. The van der Waals surface area contributed by atoms with Gasteiger partial charge in [-0.05, 0) is 67.8 Å². The van der Waals surface area contributed by atoms with Crippen LogP contribution in [-0.4, -0.2) is 44.5 Å². The molecule has 178 valence electrons. The van der Waals surface area contributed by atoms with Crippen molar-refractivity contribution in [2.75, 3.05) is 19.7 Å². The van der Waals surface area contributed by atoms with Gasteiger partial charge < -0.3 is 9.72 Å². The number of rotatable bonds is 2. The molecule has 0 atom stereocenters. The molecule has 1 N–H and O–H groups in total. The smallest absolute Gasteiger partial charge is 0.123 e. The van der Waals surface area contributed by atoms with Crippen molar-refractivity contribution in [2.45, 2.75) is 46.6 Å². The third kappa shape index (κ3) is 5.21. The molecule has 6 heteroatoms. The second-order valence-electron chi connectivity index (χ2n) is 9.01. The molecular formula is C29H31N5O. The SMILES string of the molecule is CCN1CCc2c(C)ncnc2C1.Cc1nc2ccc(-c3ccc4c(c3)CC#CCCO4)cc2[nH]1. The number of aromatic nitrogens is 4. The van der Waals surface area contributed by atoms with Crippen LogP contribution in [0.4, 0.5) is 0 Å². The van der Waals surface area contributed by atoms with Crippen LogP contribution in [0.25, 0.3) is 22.2 Å². The number of aromatic amines is 1. The van der Waals surface area contributed by atoms with Gasteiger partial charge in [0.05, 0.1) is 23.3 Å². The maximum absolute atomic E-state index is 5.77. The fourth-order valence-corrected chi connectivity index (χ4v) is 4.65. The minimum atomic E-state index is 0.665. The van der Waals surface area contributed by atoms with Crippen LogP contribution >= 0.6 is 0 Å². The largest absolute Gasteiger partial charge is 0.492 e. The number of ether oxygens (including phenoxy) is 1. The van der Waals surface area contributed by atoms with Gasteiger partial charge >= 0.3 is 0 Å². The van der Waals surface area contributed by atoms with Crippen molar-refractivity contribution in [2.24, 2.45) is 0 Å². The first-order valence-electron chi connectivity index (χ1n) is 12.3. The van der Waals surface area contributed by atoms with E-state index in [1.165, 1.54) is 22.4 Å². The van der Waals surface area contributed by atoms with Gasteiger partial charge in [-0.2, -0.15) is 0 Å². The summed E-state index contributed by atoms with van der Waals surface area (Å²) in [4.78, 5) is 18.7. The molecule has 2 aromatic heterocycles. The van der Waals surface area contributed by atoms with Gasteiger partial charge in [0.15, 0.2) is 0 Å². The number of nitrogens with one attached hydrogen (secondary N) is 1. The Bertz CT molecular complexity index is 1410. The summed E-state index contributed by atoms with van der Waals surface area (Å²) >= 11 is 0. The predicted octanol–water partition coefficient (Wildman–Crippen LogP) is 5.03. The molecule has 6 nitrogen and oxygen atoms in total. The van der Waals surface area contributed by atoms with Gasteiger partial charge in [-0.25, -0.2) is 15.0 Å². The number of hydrogen-bond acceptors (Lipinski definition) is 5. The molecule has 4 heterocycles. The summed E-state index contributed by atoms with van der Waals surface area (Å²) in [5.41, 5.74) is 9.33. The molecule has 0 spiro atoms. The average Bonchev–Trinajstić information content (AvgIpc) is 3.24. The summed E-state index contributed by atoms with van der Waals surface area (Å²) in [6, 6.07) is 12.7. The minimum absolute atomic E-state index is 0.665. The van der Waals surface area contributed by atoms with Gasteiger partial charge in [0.2, 0.25) is 0 Å². The zero-order valence-electron chi connectivity index (χ0n) is 20.7. The Balaban J connectivity index is 0.000000166. The first kappa shape index (κ1) is 23.1. The normalized spacial score (nSPS) is 14.8. The van der Waals surface area contributed by atoms with Crippen molar-refractivity contribution in [3.05, 3.63) is 71.1 Å². The first-order chi connectivity index (χ1) is 17.1. The molecular weight excluding hydrogens is 434 g/mol. The lowest BCUT2D eigenvalue weighted by Crippen LogP contribution is -2.31. The monoisotopic (exact) mass is 465 g/mol. The van der Waals surface area contributed by atoms with Crippen LogP contribution in [0.5, 0.6) is 5.75 Å². The molecule has 0 radical (unpaired) electrons. The molecule has 0 saturated heterocycles. The fraction of sp³-hybridized carbons (Fsp3) is 0.345. The third-order valence-electron chi connectivity index (χ3n) is 6.63. The maximum Gasteiger partial charge on any atom is 0.123 e. The Morgan fingerprint density at radius 1 is 1.06 bits per heavy atom. The molecule has 0 unspecified atom stereocenters. The van der Waals surface area contributed by atoms with E-state index >= 15 is 0 Å². The second-order valence-corrected chi connectivity index (χ2v) is 9.01. The van der Waals surface area contributed by atoms with Gasteiger partial charge in [-0.3, -0.25) is 4.90 Å². The van der Waals surface area contributed by atoms with Crippen LogP contribution in [-0.2, 0) is 19.4 Å². The zero-order chi connectivity index (χ0) is 24.2. The van der Waals surface area contributed by atoms with Crippen molar-refractivity contribution in [1.82, 2.24) is 24.8 Å². The average molecular weight is 466 g/mol. The van der Waals surface area contributed by atoms with Crippen molar-refractivity contribution >= 4 is 11.0 Å². The number of H-pyrrole nitrogens is 1. The molecule has 4 aromatic rings. The van der Waals surface area contributed by atoms with E-state index < -0.39 is 0 Å². The highest BCUT2D eigenvalue weighted by molar-refractivity contribution is 5.82. The van der Waals surface area contributed by atoms with E-state index in [2.05, 4.69) is 86.9 Å². The Morgan fingerprint density at radius 3 is 2.80 bits per heavy atom. The Morgan fingerprint density at radius 2 is 1.91 bits per heavy atom. The van der Waals surface area contributed by atoms with Crippen molar-refractivity contribution in [3.8, 4) is 28.7 Å². The summed E-state index contributed by atoms with van der Waals surface area (Å²) < 4.78 is 5.77. The lowest BCUT2D eigenvalue weighted by Gasteiger charge is -2.26. The molecule has 2 aliphatic heterocycles. The summed E-state index contributed by atoms with van der Waals surface area (Å²) in [6.45, 7) is 10.2. The van der Waals surface area contributed by atoms with E-state index in [1.807, 2.05) is 6.92 Å². The topological polar surface area (TPSA) is 66.9 Å². The van der Waals surface area contributed by atoms with Crippen LogP contribution in [0.1, 0.15) is 41.7 Å². The standard InChI is InChI=1S/C19H16N2O.C10H15N3/c1-13-20-17-8-6-15(12-18(17)21-13)14-7-9-19-16(11-14)5-3-2-4-10-22-19;1-3-13-5-4-9-8(2)11-7-12-10(9)6-13/h6-9,11-12H,4-5,10H2,1H3,(H,20,21);7H,3-6H2,1-2H3. The summed E-state index contributed by atoms with van der Waals surface area (Å²) in [6.07, 6.45) is 4.33. The Hall–Kier alpha value is -3.69. The van der Waals surface area contributed by atoms with Crippen molar-refractivity contribution in [1.29, 1.82) is 0 Å². The maximum atomic E-state index is 5.77. The quantitative estimate of drug-likeness (QED) is 0.421. The Kier molecular flexibility index (Phi) is 6.78. The van der Waals surface area contributed by atoms with E-state index in [1.54, 1.807) is 6.33 Å². The van der Waals surface area contributed by atoms with E-state index in [-0.39, 0.29) is 0 Å². The van der Waals surface area contributed by atoms with Gasteiger partial charge in [0.25, 0.3) is 0 Å². The van der Waals surface area contributed by atoms with Crippen molar-refractivity contribution < 1.29 is 4.74 Å². The molecule has 0 fully saturated rings. The minimum Gasteiger partial charge on any atom is -0.492 e. The highest BCUT2D eigenvalue weighted by atomic mass is 16.5. The summed E-state index contributed by atoms with van der Waals surface area (Å²) in [7, 11) is 0. The Labute approximate surface area is 206 Å². The number of imidazole rings is 1. The first-order valence-corrected chi connectivity index (χ1v) is 12.3. The molecule has 0 bridgehead atoms.